The van der Waals surface area contributed by atoms with Gasteiger partial charge in [-0.1, -0.05) is 0 Å². The summed E-state index contributed by atoms with van der Waals surface area (Å²) in [5, 5.41) is 13.7. The number of nitrogens with one attached hydrogen (secondary N) is 1. The van der Waals surface area contributed by atoms with E-state index >= 15 is 0 Å². The normalized spacial score (nSPS) is 30.2. The maximum Gasteiger partial charge on any atom is 0.254 e. The number of amides is 2. The lowest BCUT2D eigenvalue weighted by molar-refractivity contribution is -0.185. The fourth-order valence-electron chi connectivity index (χ4n) is 9.75. The van der Waals surface area contributed by atoms with Crippen LogP contribution in [0, 0.1) is 28.1 Å². The molecule has 4 atom stereocenters. The van der Waals surface area contributed by atoms with Gasteiger partial charge in [0.2, 0.25) is 5.91 Å². The highest BCUT2D eigenvalue weighted by atomic mass is 16.5. The van der Waals surface area contributed by atoms with Crippen LogP contribution in [0.2, 0.25) is 0 Å². The zero-order valence-electron chi connectivity index (χ0n) is 28.1. The molecule has 6 heterocycles. The standard InChI is InChI=1S/C38H42N8O3/c1-20(41-36(48)38-16-37(17-38,18-38)19-39)27-9-7-23-11-29(44(34(23)42-27)15-21-3-4-21)32-33(22-5-6-22)46-30(43-32)12-24(13-31(46)49-2)35(47)45-25-8-10-28(45)26(40)14-25/h7,9,11-13,20-22,25-26,28H,3-6,8,10,14-18,40H2,1-2H3,(H,41,48)/t20-,25+,26-,28-,37?,38?/m1/s1. The first-order valence-electron chi connectivity index (χ1n) is 18.1. The minimum Gasteiger partial charge on any atom is -0.482 e. The molecule has 7 aliphatic rings. The zero-order valence-corrected chi connectivity index (χ0v) is 28.1. The van der Waals surface area contributed by atoms with E-state index in [0.29, 0.717) is 42.5 Å². The molecule has 4 aromatic rings. The quantitative estimate of drug-likeness (QED) is 0.251. The summed E-state index contributed by atoms with van der Waals surface area (Å²) in [4.78, 5) is 39.7. The van der Waals surface area contributed by atoms with Crippen LogP contribution < -0.4 is 15.8 Å². The fourth-order valence-corrected chi connectivity index (χ4v) is 9.75. The molecule has 0 unspecified atom stereocenters. The lowest BCUT2D eigenvalue weighted by Crippen LogP contribution is -2.67. The highest BCUT2D eigenvalue weighted by molar-refractivity contribution is 5.97. The van der Waals surface area contributed by atoms with Gasteiger partial charge in [0.25, 0.3) is 5.91 Å². The predicted octanol–water partition coefficient (Wildman–Crippen LogP) is 5.22. The Kier molecular flexibility index (Phi) is 6.06. The molecule has 11 rings (SSSR count). The van der Waals surface area contributed by atoms with E-state index in [1.807, 2.05) is 30.0 Å². The van der Waals surface area contributed by atoms with Crippen molar-refractivity contribution in [2.75, 3.05) is 7.11 Å². The van der Waals surface area contributed by atoms with Crippen LogP contribution in [-0.4, -0.2) is 60.9 Å². The van der Waals surface area contributed by atoms with E-state index in [9.17, 15) is 14.9 Å². The van der Waals surface area contributed by atoms with Gasteiger partial charge >= 0.3 is 0 Å². The second-order valence-electron chi connectivity index (χ2n) is 16.1. The summed E-state index contributed by atoms with van der Waals surface area (Å²) >= 11 is 0. The highest BCUT2D eigenvalue weighted by Crippen LogP contribution is 2.73. The molecule has 2 amide bonds. The number of carbonyl (C=O) groups excluding carboxylic acids is 2. The van der Waals surface area contributed by atoms with E-state index in [-0.39, 0.29) is 46.8 Å². The fraction of sp³-hybridized carbons (Fsp3) is 0.553. The number of nitrogens with zero attached hydrogens (tertiary/aromatic N) is 6. The molecule has 0 aromatic carbocycles. The van der Waals surface area contributed by atoms with Gasteiger partial charge in [0.15, 0.2) is 5.88 Å². The van der Waals surface area contributed by atoms with Gasteiger partial charge < -0.3 is 25.3 Å². The monoisotopic (exact) mass is 658 g/mol. The van der Waals surface area contributed by atoms with Crippen LogP contribution in [0.15, 0.2) is 30.3 Å². The molecule has 4 bridgehead atoms. The Morgan fingerprint density at radius 1 is 1.10 bits per heavy atom. The van der Waals surface area contributed by atoms with Crippen molar-refractivity contribution in [3.8, 4) is 23.3 Å². The minimum absolute atomic E-state index is 0.0122. The van der Waals surface area contributed by atoms with Crippen LogP contribution in [0.3, 0.4) is 0 Å². The first-order chi connectivity index (χ1) is 23.7. The van der Waals surface area contributed by atoms with Crippen LogP contribution in [0.25, 0.3) is 28.1 Å². The third kappa shape index (κ3) is 4.28. The molecule has 252 valence electrons. The van der Waals surface area contributed by atoms with Gasteiger partial charge in [-0.05, 0) is 101 Å². The van der Waals surface area contributed by atoms with Gasteiger partial charge in [-0.3, -0.25) is 14.0 Å². The number of methoxy groups -OCH3 is 1. The molecule has 11 nitrogen and oxygen atoms in total. The number of aromatic nitrogens is 4. The molecule has 0 spiro atoms. The molecule has 0 radical (unpaired) electrons. The minimum atomic E-state index is -0.373. The Labute approximate surface area is 284 Å². The lowest BCUT2D eigenvalue weighted by Gasteiger charge is -2.65. The van der Waals surface area contributed by atoms with Crippen LogP contribution in [0.4, 0.5) is 0 Å². The van der Waals surface area contributed by atoms with Crippen LogP contribution >= 0.6 is 0 Å². The van der Waals surface area contributed by atoms with E-state index in [4.69, 9.17) is 20.4 Å². The first kappa shape index (κ1) is 29.5. The molecule has 5 saturated carbocycles. The lowest BCUT2D eigenvalue weighted by atomic mass is 9.35. The predicted molar refractivity (Wildman–Crippen MR) is 182 cm³/mol. The molecule has 7 fully saturated rings. The second-order valence-corrected chi connectivity index (χ2v) is 16.1. The smallest absolute Gasteiger partial charge is 0.254 e. The Balaban J connectivity index is 1.04. The number of hydrogen-bond donors (Lipinski definition) is 2. The summed E-state index contributed by atoms with van der Waals surface area (Å²) in [6.45, 7) is 2.85. The maximum atomic E-state index is 14.0. The van der Waals surface area contributed by atoms with Gasteiger partial charge in [-0.2, -0.15) is 5.26 Å². The number of hydrogen-bond acceptors (Lipinski definition) is 7. The van der Waals surface area contributed by atoms with E-state index in [1.165, 1.54) is 12.8 Å². The van der Waals surface area contributed by atoms with Gasteiger partial charge in [-0.15, -0.1) is 0 Å². The largest absolute Gasteiger partial charge is 0.482 e. The van der Waals surface area contributed by atoms with Crippen molar-refractivity contribution in [3.05, 3.63) is 47.3 Å². The van der Waals surface area contributed by atoms with Crippen LogP contribution in [0.5, 0.6) is 5.88 Å². The third-order valence-corrected chi connectivity index (χ3v) is 12.6. The Morgan fingerprint density at radius 2 is 1.90 bits per heavy atom. The van der Waals surface area contributed by atoms with Gasteiger partial charge in [-0.25, -0.2) is 9.97 Å². The summed E-state index contributed by atoms with van der Waals surface area (Å²) in [7, 11) is 1.67. The van der Waals surface area contributed by atoms with E-state index in [0.717, 1.165) is 78.1 Å². The number of carbonyl (C=O) groups is 2. The number of nitriles is 1. The summed E-state index contributed by atoms with van der Waals surface area (Å²) in [6.07, 6.45) is 9.41. The van der Waals surface area contributed by atoms with Crippen molar-refractivity contribution in [1.82, 2.24) is 29.2 Å². The highest BCUT2D eigenvalue weighted by Gasteiger charge is 2.72. The number of nitrogens with two attached hydrogens (primary N) is 1. The Bertz CT molecular complexity index is 2110. The summed E-state index contributed by atoms with van der Waals surface area (Å²) in [5.74, 6) is 1.63. The summed E-state index contributed by atoms with van der Waals surface area (Å²) in [6, 6.07) is 12.6. The molecule has 49 heavy (non-hydrogen) atoms. The molecule has 11 heteroatoms. The van der Waals surface area contributed by atoms with Gasteiger partial charge in [0.05, 0.1) is 47.1 Å². The van der Waals surface area contributed by atoms with Crippen molar-refractivity contribution < 1.29 is 14.3 Å². The van der Waals surface area contributed by atoms with Crippen molar-refractivity contribution in [1.29, 1.82) is 5.26 Å². The zero-order chi connectivity index (χ0) is 33.4. The first-order valence-corrected chi connectivity index (χ1v) is 18.1. The molecule has 3 N–H and O–H groups in total. The second kappa shape index (κ2) is 10.1. The Hall–Kier alpha value is -4.43. The molecule has 2 aliphatic heterocycles. The average Bonchev–Trinajstić information content (AvgIpc) is 3.93. The SMILES string of the molecule is COc1cc(C(=O)N2[C@H]3CC[C@@H]2[C@H](N)C3)cc2nc(-c3cc4ccc([C@@H](C)NC(=O)C56CC(C#N)(C5)C6)nc4n3CC3CC3)c(C3CC3)n12. The third-order valence-electron chi connectivity index (χ3n) is 12.6. The summed E-state index contributed by atoms with van der Waals surface area (Å²) < 4.78 is 10.4. The van der Waals surface area contributed by atoms with Crippen molar-refractivity contribution in [2.24, 2.45) is 22.5 Å². The van der Waals surface area contributed by atoms with Crippen molar-refractivity contribution in [3.63, 3.8) is 0 Å². The van der Waals surface area contributed by atoms with Crippen molar-refractivity contribution >= 4 is 28.5 Å². The molecule has 4 aromatic heterocycles. The average molecular weight is 659 g/mol. The van der Waals surface area contributed by atoms with Crippen molar-refractivity contribution in [2.45, 2.75) is 108 Å². The maximum absolute atomic E-state index is 14.0. The Morgan fingerprint density at radius 3 is 2.55 bits per heavy atom. The number of pyridine rings is 2. The topological polar surface area (TPSA) is 144 Å². The number of imidazole rings is 1. The van der Waals surface area contributed by atoms with Crippen LogP contribution in [0.1, 0.15) is 105 Å². The van der Waals surface area contributed by atoms with E-state index in [2.05, 4.69) is 32.5 Å². The van der Waals surface area contributed by atoms with Gasteiger partial charge in [0.1, 0.15) is 17.0 Å². The van der Waals surface area contributed by atoms with Crippen LogP contribution in [-0.2, 0) is 11.3 Å². The molecule has 2 saturated heterocycles. The van der Waals surface area contributed by atoms with E-state index in [1.54, 1.807) is 7.11 Å². The van der Waals surface area contributed by atoms with Gasteiger partial charge in [0, 0.05) is 47.6 Å². The van der Waals surface area contributed by atoms with E-state index < -0.39 is 0 Å². The number of ether oxygens (including phenoxy) is 1. The number of rotatable bonds is 9. The number of fused-ring (bicyclic) bond motifs is 4. The molecular formula is C38H42N8O3. The summed E-state index contributed by atoms with van der Waals surface area (Å²) in [5.41, 5.74) is 11.9. The molecular weight excluding hydrogens is 616 g/mol. The molecule has 5 aliphatic carbocycles.